The van der Waals surface area contributed by atoms with Gasteiger partial charge in [-0.15, -0.1) is 0 Å². The van der Waals surface area contributed by atoms with E-state index in [1.807, 2.05) is 13.0 Å². The standard InChI is InChI=1S/C13H11FN4S.C2HF3O2/c1-8-12(19-13(15)16-8)10-6-7-18(17-10)11-5-3-2-4-9(11)14;3-2(4,5)1(6)7/h2-7H,1H3,(H2,15,16);(H,6,7). The number of aryl methyl sites for hydroxylation is 1. The number of aromatic nitrogens is 3. The number of rotatable bonds is 2. The van der Waals surface area contributed by atoms with Crippen LogP contribution in [0.2, 0.25) is 0 Å². The highest BCUT2D eigenvalue weighted by Crippen LogP contribution is 2.30. The minimum Gasteiger partial charge on any atom is -0.475 e. The van der Waals surface area contributed by atoms with Crippen LogP contribution >= 0.6 is 11.3 Å². The third kappa shape index (κ3) is 4.57. The smallest absolute Gasteiger partial charge is 0.475 e. The predicted octanol–water partition coefficient (Wildman–Crippen LogP) is 3.66. The minimum atomic E-state index is -5.08. The Bertz CT molecular complexity index is 921. The van der Waals surface area contributed by atoms with Gasteiger partial charge in [0, 0.05) is 6.20 Å². The van der Waals surface area contributed by atoms with Crippen LogP contribution in [0.15, 0.2) is 36.5 Å². The van der Waals surface area contributed by atoms with Crippen LogP contribution in [0.4, 0.5) is 22.7 Å². The quantitative estimate of drug-likeness (QED) is 0.654. The molecule has 0 atom stereocenters. The molecule has 0 amide bonds. The second kappa shape index (κ2) is 7.52. The van der Waals surface area contributed by atoms with Gasteiger partial charge in [0.15, 0.2) is 5.13 Å². The summed E-state index contributed by atoms with van der Waals surface area (Å²) in [6, 6.07) is 8.34. The molecule has 2 heterocycles. The highest BCUT2D eigenvalue weighted by atomic mass is 32.1. The molecule has 3 N–H and O–H groups in total. The van der Waals surface area contributed by atoms with Gasteiger partial charge >= 0.3 is 12.1 Å². The summed E-state index contributed by atoms with van der Waals surface area (Å²) < 4.78 is 46.9. The third-order valence-corrected chi connectivity index (χ3v) is 3.99. The fraction of sp³-hybridized carbons (Fsp3) is 0.133. The lowest BCUT2D eigenvalue weighted by atomic mass is 10.3. The Balaban J connectivity index is 0.000000298. The molecule has 3 rings (SSSR count). The van der Waals surface area contributed by atoms with Crippen LogP contribution in [0.5, 0.6) is 0 Å². The zero-order chi connectivity index (χ0) is 19.5. The van der Waals surface area contributed by atoms with Crippen molar-refractivity contribution in [2.24, 2.45) is 0 Å². The number of hydrogen-bond acceptors (Lipinski definition) is 5. The lowest BCUT2D eigenvalue weighted by Crippen LogP contribution is -2.21. The molecule has 1 aromatic carbocycles. The number of nitrogens with two attached hydrogens (primary N) is 1. The Kier molecular flexibility index (Phi) is 5.60. The van der Waals surface area contributed by atoms with Gasteiger partial charge in [-0.2, -0.15) is 18.3 Å². The number of carboxylic acids is 1. The zero-order valence-electron chi connectivity index (χ0n) is 13.2. The number of nitrogens with zero attached hydrogens (tertiary/aromatic N) is 3. The summed E-state index contributed by atoms with van der Waals surface area (Å²) in [6.07, 6.45) is -3.36. The number of anilines is 1. The first kappa shape index (κ1) is 19.4. The number of para-hydroxylation sites is 1. The zero-order valence-corrected chi connectivity index (χ0v) is 14.0. The maximum Gasteiger partial charge on any atom is 0.490 e. The van der Waals surface area contributed by atoms with Crippen LogP contribution in [-0.2, 0) is 4.79 Å². The van der Waals surface area contributed by atoms with Gasteiger partial charge < -0.3 is 10.8 Å². The van der Waals surface area contributed by atoms with Gasteiger partial charge in [0.25, 0.3) is 0 Å². The molecular weight excluding hydrogens is 376 g/mol. The van der Waals surface area contributed by atoms with Gasteiger partial charge in [-0.05, 0) is 25.1 Å². The average Bonchev–Trinajstić information content (AvgIpc) is 3.13. The molecule has 0 fully saturated rings. The van der Waals surface area contributed by atoms with E-state index in [0.29, 0.717) is 10.8 Å². The van der Waals surface area contributed by atoms with Crippen molar-refractivity contribution >= 4 is 22.4 Å². The molecule has 0 aliphatic heterocycles. The highest BCUT2D eigenvalue weighted by molar-refractivity contribution is 7.18. The molecule has 26 heavy (non-hydrogen) atoms. The van der Waals surface area contributed by atoms with E-state index in [0.717, 1.165) is 16.3 Å². The maximum atomic E-state index is 13.7. The Hall–Kier alpha value is -2.95. The number of thiazole rings is 1. The van der Waals surface area contributed by atoms with Crippen LogP contribution < -0.4 is 5.73 Å². The average molecular weight is 388 g/mol. The Morgan fingerprint density at radius 1 is 1.27 bits per heavy atom. The normalized spacial score (nSPS) is 11.0. The number of alkyl halides is 3. The Morgan fingerprint density at radius 2 is 1.88 bits per heavy atom. The monoisotopic (exact) mass is 388 g/mol. The Labute approximate surface area is 148 Å². The molecule has 0 aliphatic carbocycles. The van der Waals surface area contributed by atoms with Gasteiger partial charge in [0.2, 0.25) is 0 Å². The number of aliphatic carboxylic acids is 1. The number of nitrogen functional groups attached to an aromatic ring is 1. The van der Waals surface area contributed by atoms with Gasteiger partial charge in [0.1, 0.15) is 17.2 Å². The van der Waals surface area contributed by atoms with Crippen molar-refractivity contribution in [3.05, 3.63) is 48.0 Å². The summed E-state index contributed by atoms with van der Waals surface area (Å²) >= 11 is 1.38. The molecular formula is C15H12F4N4O2S. The van der Waals surface area contributed by atoms with Crippen molar-refractivity contribution < 1.29 is 27.5 Å². The molecule has 6 nitrogen and oxygen atoms in total. The number of carboxylic acid groups (broad SMARTS) is 1. The van der Waals surface area contributed by atoms with E-state index < -0.39 is 12.1 Å². The number of halogens is 4. The fourth-order valence-electron chi connectivity index (χ4n) is 1.87. The lowest BCUT2D eigenvalue weighted by molar-refractivity contribution is -0.192. The molecule has 0 radical (unpaired) electrons. The maximum absolute atomic E-state index is 13.7. The van der Waals surface area contributed by atoms with Crippen LogP contribution in [0, 0.1) is 12.7 Å². The summed E-state index contributed by atoms with van der Waals surface area (Å²) in [4.78, 5) is 14.0. The molecule has 0 unspecified atom stereocenters. The molecule has 0 bridgehead atoms. The molecule has 0 saturated carbocycles. The summed E-state index contributed by atoms with van der Waals surface area (Å²) in [7, 11) is 0. The molecule has 0 spiro atoms. The summed E-state index contributed by atoms with van der Waals surface area (Å²) in [5.41, 5.74) is 7.67. The second-order valence-corrected chi connectivity index (χ2v) is 5.90. The van der Waals surface area contributed by atoms with Gasteiger partial charge in [0.05, 0.1) is 10.6 Å². The SMILES string of the molecule is Cc1nc(N)sc1-c1ccn(-c2ccccc2F)n1.O=C(O)C(F)(F)F. The minimum absolute atomic E-state index is 0.308. The molecule has 3 aromatic rings. The van der Waals surface area contributed by atoms with E-state index in [-0.39, 0.29) is 5.82 Å². The van der Waals surface area contributed by atoms with Crippen molar-refractivity contribution in [2.45, 2.75) is 13.1 Å². The number of carbonyl (C=O) groups is 1. The van der Waals surface area contributed by atoms with E-state index in [2.05, 4.69) is 10.1 Å². The van der Waals surface area contributed by atoms with Crippen molar-refractivity contribution in [1.29, 1.82) is 0 Å². The first-order valence-corrected chi connectivity index (χ1v) is 7.75. The largest absolute Gasteiger partial charge is 0.490 e. The fourth-order valence-corrected chi connectivity index (χ4v) is 2.67. The third-order valence-electron chi connectivity index (χ3n) is 2.98. The van der Waals surface area contributed by atoms with E-state index in [1.165, 1.54) is 22.1 Å². The van der Waals surface area contributed by atoms with Crippen molar-refractivity contribution in [2.75, 3.05) is 5.73 Å². The van der Waals surface area contributed by atoms with Gasteiger partial charge in [-0.3, -0.25) is 0 Å². The summed E-state index contributed by atoms with van der Waals surface area (Å²) in [6.45, 7) is 1.88. The molecule has 11 heteroatoms. The van der Waals surface area contributed by atoms with Crippen LogP contribution in [0.1, 0.15) is 5.69 Å². The van der Waals surface area contributed by atoms with Crippen LogP contribution in [0.25, 0.3) is 16.3 Å². The first-order chi connectivity index (χ1) is 12.1. The molecule has 2 aromatic heterocycles. The van der Waals surface area contributed by atoms with E-state index >= 15 is 0 Å². The van der Waals surface area contributed by atoms with Crippen molar-refractivity contribution in [1.82, 2.24) is 14.8 Å². The van der Waals surface area contributed by atoms with Crippen molar-refractivity contribution in [3.8, 4) is 16.3 Å². The topological polar surface area (TPSA) is 94.0 Å². The number of benzene rings is 1. The number of hydrogen-bond donors (Lipinski definition) is 2. The van der Waals surface area contributed by atoms with E-state index in [4.69, 9.17) is 15.6 Å². The van der Waals surface area contributed by atoms with Crippen LogP contribution in [0.3, 0.4) is 0 Å². The Morgan fingerprint density at radius 3 is 2.38 bits per heavy atom. The lowest BCUT2D eigenvalue weighted by Gasteiger charge is -2.01. The first-order valence-electron chi connectivity index (χ1n) is 6.93. The second-order valence-electron chi connectivity index (χ2n) is 4.87. The van der Waals surface area contributed by atoms with Crippen molar-refractivity contribution in [3.63, 3.8) is 0 Å². The summed E-state index contributed by atoms with van der Waals surface area (Å²) in [5, 5.41) is 12.0. The van der Waals surface area contributed by atoms with Gasteiger partial charge in [-0.1, -0.05) is 23.5 Å². The molecule has 138 valence electrons. The van der Waals surface area contributed by atoms with E-state index in [9.17, 15) is 17.6 Å². The van der Waals surface area contributed by atoms with E-state index in [1.54, 1.807) is 24.4 Å². The highest BCUT2D eigenvalue weighted by Gasteiger charge is 2.38. The predicted molar refractivity (Wildman–Crippen MR) is 87.5 cm³/mol. The summed E-state index contributed by atoms with van der Waals surface area (Å²) in [5.74, 6) is -3.06. The van der Waals surface area contributed by atoms with Gasteiger partial charge in [-0.25, -0.2) is 18.9 Å². The molecule has 0 aliphatic rings. The van der Waals surface area contributed by atoms with Crippen LogP contribution in [-0.4, -0.2) is 32.0 Å². The molecule has 0 saturated heterocycles.